The van der Waals surface area contributed by atoms with Gasteiger partial charge in [0.05, 0.1) is 0 Å². The highest BCUT2D eigenvalue weighted by molar-refractivity contribution is 6.14. The molecule has 0 spiro atoms. The van der Waals surface area contributed by atoms with Crippen LogP contribution in [0.1, 0.15) is 55.6 Å². The zero-order chi connectivity index (χ0) is 54.9. The SMILES string of the molecule is C(=Cc1c2ccccc2c(C=Cc2ccccc2C=C(c2ccc(-c3ccccc3)cc2)c2ccc(-c3ccccc3)cc2)c2ccccc12)c1ccccc1C=C(c1ccc(-c2ccccc2)cc1)c1ccc(-c2ccccc2)cc1. The fraction of sp³-hybridized carbons (Fsp3) is 0. The molecule has 13 rings (SSSR count). The van der Waals surface area contributed by atoms with Gasteiger partial charge in [-0.05, 0) is 145 Å². The van der Waals surface area contributed by atoms with Gasteiger partial charge in [-0.2, -0.15) is 0 Å². The van der Waals surface area contributed by atoms with Gasteiger partial charge in [0.1, 0.15) is 0 Å². The lowest BCUT2D eigenvalue weighted by atomic mass is 9.89. The monoisotopic (exact) mass is 1040 g/mol. The van der Waals surface area contributed by atoms with Gasteiger partial charge in [0.25, 0.3) is 0 Å². The van der Waals surface area contributed by atoms with E-state index in [0.717, 1.165) is 55.7 Å². The van der Waals surface area contributed by atoms with Crippen LogP contribution in [0.2, 0.25) is 0 Å². The van der Waals surface area contributed by atoms with Gasteiger partial charge in [-0.25, -0.2) is 0 Å². The van der Waals surface area contributed by atoms with Crippen molar-refractivity contribution in [2.75, 3.05) is 0 Å². The standard InChI is InChI=1S/C82H58/c1-5-21-59(22-6-1)65-37-45-69(46-38-65)81(70-47-39-66(40-48-70)60-23-7-2-8-24-60)57-73-31-15-13-29-63(73)53-55-79-75-33-17-19-35-77(75)80(78-36-20-18-34-76(78)79)56-54-64-30-14-16-32-74(64)58-82(71-49-41-67(42-50-71)61-25-9-3-10-26-61)72-51-43-68(44-52-72)62-27-11-4-12-28-62/h1-58H. The first-order valence-electron chi connectivity index (χ1n) is 28.2. The minimum atomic E-state index is 1.14. The third kappa shape index (κ3) is 11.0. The molecule has 0 saturated carbocycles. The Bertz CT molecular complexity index is 3930. The van der Waals surface area contributed by atoms with Crippen molar-refractivity contribution in [2.45, 2.75) is 0 Å². The summed E-state index contributed by atoms with van der Waals surface area (Å²) in [5.74, 6) is 0. The lowest BCUT2D eigenvalue weighted by Gasteiger charge is -2.14. The zero-order valence-corrected chi connectivity index (χ0v) is 45.5. The molecule has 82 heavy (non-hydrogen) atoms. The number of fused-ring (bicyclic) bond motifs is 2. The van der Waals surface area contributed by atoms with Gasteiger partial charge in [0, 0.05) is 0 Å². The van der Waals surface area contributed by atoms with Gasteiger partial charge < -0.3 is 0 Å². The maximum atomic E-state index is 2.36. The molecule has 386 valence electrons. The maximum absolute atomic E-state index is 2.36. The Morgan fingerprint density at radius 1 is 0.171 bits per heavy atom. The highest BCUT2D eigenvalue weighted by atomic mass is 14.2. The van der Waals surface area contributed by atoms with Gasteiger partial charge in [-0.1, -0.05) is 340 Å². The van der Waals surface area contributed by atoms with E-state index in [1.54, 1.807) is 0 Å². The summed E-state index contributed by atoms with van der Waals surface area (Å²) < 4.78 is 0. The molecule has 0 unspecified atom stereocenters. The predicted octanol–water partition coefficient (Wildman–Crippen LogP) is 22.2. The summed E-state index contributed by atoms with van der Waals surface area (Å²) in [6, 6.07) is 114. The highest BCUT2D eigenvalue weighted by Gasteiger charge is 2.14. The smallest absolute Gasteiger partial charge is 0.00987 e. The molecule has 0 nitrogen and oxygen atoms in total. The van der Waals surface area contributed by atoms with E-state index in [1.807, 2.05) is 0 Å². The first-order valence-corrected chi connectivity index (χ1v) is 28.2. The van der Waals surface area contributed by atoms with Crippen LogP contribution in [0, 0.1) is 0 Å². The molecule has 13 aromatic rings. The summed E-state index contributed by atoms with van der Waals surface area (Å²) in [4.78, 5) is 0. The molecule has 0 N–H and O–H groups in total. The normalized spacial score (nSPS) is 11.3. The minimum absolute atomic E-state index is 1.14. The topological polar surface area (TPSA) is 0 Å². The van der Waals surface area contributed by atoms with Crippen LogP contribution in [0.5, 0.6) is 0 Å². The molecule has 0 aliphatic rings. The summed E-state index contributed by atoms with van der Waals surface area (Å²) >= 11 is 0. The first kappa shape index (κ1) is 50.8. The first-order chi connectivity index (χ1) is 40.7. The molecule has 13 aromatic carbocycles. The molecule has 0 aromatic heterocycles. The van der Waals surface area contributed by atoms with Crippen LogP contribution in [0.25, 0.3) is 114 Å². The predicted molar refractivity (Wildman–Crippen MR) is 354 cm³/mol. The van der Waals surface area contributed by atoms with Crippen molar-refractivity contribution in [3.05, 3.63) is 371 Å². The maximum Gasteiger partial charge on any atom is -0.00987 e. The summed E-state index contributed by atoms with van der Waals surface area (Å²) in [5, 5.41) is 4.82. The quantitative estimate of drug-likeness (QED) is 0.0752. The summed E-state index contributed by atoms with van der Waals surface area (Å²) in [5.41, 5.74) is 23.5. The number of hydrogen-bond acceptors (Lipinski definition) is 0. The molecule has 0 radical (unpaired) electrons. The van der Waals surface area contributed by atoms with Gasteiger partial charge in [0.15, 0.2) is 0 Å². The van der Waals surface area contributed by atoms with Gasteiger partial charge in [-0.3, -0.25) is 0 Å². The molecule has 0 bridgehead atoms. The zero-order valence-electron chi connectivity index (χ0n) is 45.5. The van der Waals surface area contributed by atoms with E-state index in [-0.39, 0.29) is 0 Å². The third-order valence-electron chi connectivity index (χ3n) is 15.7. The van der Waals surface area contributed by atoms with Crippen molar-refractivity contribution in [3.63, 3.8) is 0 Å². The molecular formula is C82H58. The van der Waals surface area contributed by atoms with E-state index in [4.69, 9.17) is 0 Å². The Kier molecular flexibility index (Phi) is 14.7. The average molecular weight is 1040 g/mol. The largest absolute Gasteiger partial charge is 0.0622 e. The highest BCUT2D eigenvalue weighted by Crippen LogP contribution is 2.38. The Morgan fingerprint density at radius 2 is 0.378 bits per heavy atom. The molecule has 0 atom stereocenters. The number of benzene rings is 13. The van der Waals surface area contributed by atoms with E-state index in [1.165, 1.54) is 77.2 Å². The lowest BCUT2D eigenvalue weighted by Crippen LogP contribution is -1.92. The molecular weight excluding hydrogens is 985 g/mol. The number of rotatable bonds is 14. The Labute approximate surface area is 482 Å². The van der Waals surface area contributed by atoms with Crippen molar-refractivity contribution in [2.24, 2.45) is 0 Å². The van der Waals surface area contributed by atoms with Crippen molar-refractivity contribution >= 4 is 69.1 Å². The van der Waals surface area contributed by atoms with Crippen LogP contribution >= 0.6 is 0 Å². The van der Waals surface area contributed by atoms with Gasteiger partial charge in [0.2, 0.25) is 0 Å². The van der Waals surface area contributed by atoms with Crippen molar-refractivity contribution in [1.82, 2.24) is 0 Å². The Hall–Kier alpha value is -10.7. The summed E-state index contributed by atoms with van der Waals surface area (Å²) in [6.07, 6.45) is 14.0. The summed E-state index contributed by atoms with van der Waals surface area (Å²) in [7, 11) is 0. The summed E-state index contributed by atoms with van der Waals surface area (Å²) in [6.45, 7) is 0. The second kappa shape index (κ2) is 23.7. The van der Waals surface area contributed by atoms with E-state index < -0.39 is 0 Å². The van der Waals surface area contributed by atoms with Crippen molar-refractivity contribution in [3.8, 4) is 44.5 Å². The van der Waals surface area contributed by atoms with Crippen LogP contribution in [0.3, 0.4) is 0 Å². The van der Waals surface area contributed by atoms with Crippen molar-refractivity contribution < 1.29 is 0 Å². The second-order valence-electron chi connectivity index (χ2n) is 20.7. The van der Waals surface area contributed by atoms with Gasteiger partial charge in [-0.15, -0.1) is 0 Å². The van der Waals surface area contributed by atoms with E-state index in [2.05, 4.69) is 352 Å². The second-order valence-corrected chi connectivity index (χ2v) is 20.7. The van der Waals surface area contributed by atoms with Crippen LogP contribution in [-0.2, 0) is 0 Å². The lowest BCUT2D eigenvalue weighted by molar-refractivity contribution is 1.53. The van der Waals surface area contributed by atoms with E-state index >= 15 is 0 Å². The fourth-order valence-corrected chi connectivity index (χ4v) is 11.4. The van der Waals surface area contributed by atoms with Crippen LogP contribution in [-0.4, -0.2) is 0 Å². The molecule has 0 amide bonds. The van der Waals surface area contributed by atoms with Crippen LogP contribution in [0.15, 0.2) is 315 Å². The van der Waals surface area contributed by atoms with E-state index in [0.29, 0.717) is 0 Å². The van der Waals surface area contributed by atoms with Crippen LogP contribution < -0.4 is 0 Å². The Morgan fingerprint density at radius 3 is 0.634 bits per heavy atom. The molecule has 0 aliphatic heterocycles. The third-order valence-corrected chi connectivity index (χ3v) is 15.7. The molecule has 0 heterocycles. The fourth-order valence-electron chi connectivity index (χ4n) is 11.4. The average Bonchev–Trinajstić information content (AvgIpc) is 3.35. The number of hydrogen-bond donors (Lipinski definition) is 0. The van der Waals surface area contributed by atoms with Crippen LogP contribution in [0.4, 0.5) is 0 Å². The molecule has 0 fully saturated rings. The minimum Gasteiger partial charge on any atom is -0.0622 e. The molecule has 0 saturated heterocycles. The molecule has 0 aliphatic carbocycles. The molecule has 0 heteroatoms. The van der Waals surface area contributed by atoms with Gasteiger partial charge >= 0.3 is 0 Å². The van der Waals surface area contributed by atoms with Crippen molar-refractivity contribution in [1.29, 1.82) is 0 Å². The van der Waals surface area contributed by atoms with E-state index in [9.17, 15) is 0 Å². The Balaban J connectivity index is 0.869.